The van der Waals surface area contributed by atoms with Gasteiger partial charge in [-0.3, -0.25) is 9.89 Å². The van der Waals surface area contributed by atoms with Gasteiger partial charge in [-0.15, -0.1) is 0 Å². The van der Waals surface area contributed by atoms with Gasteiger partial charge in [-0.2, -0.15) is 5.10 Å². The average Bonchev–Trinajstić information content (AvgIpc) is 3.11. The van der Waals surface area contributed by atoms with E-state index in [4.69, 9.17) is 4.74 Å². The van der Waals surface area contributed by atoms with E-state index in [2.05, 4.69) is 34.7 Å². The average molecular weight is 350 g/mol. The quantitative estimate of drug-likeness (QED) is 0.610. The van der Waals surface area contributed by atoms with Gasteiger partial charge in [0.05, 0.1) is 18.4 Å². The van der Waals surface area contributed by atoms with Crippen LogP contribution in [-0.4, -0.2) is 23.2 Å². The van der Waals surface area contributed by atoms with Crippen LogP contribution in [0.25, 0.3) is 0 Å². The van der Waals surface area contributed by atoms with Crippen LogP contribution in [0.4, 0.5) is 17.2 Å². The fourth-order valence-corrected chi connectivity index (χ4v) is 2.50. The molecule has 0 radical (unpaired) electrons. The van der Waals surface area contributed by atoms with E-state index in [1.54, 1.807) is 13.2 Å². The first-order valence-corrected chi connectivity index (χ1v) is 8.43. The molecule has 0 unspecified atom stereocenters. The Morgan fingerprint density at radius 2 is 1.85 bits per heavy atom. The monoisotopic (exact) mass is 350 g/mol. The van der Waals surface area contributed by atoms with Gasteiger partial charge in [0, 0.05) is 17.4 Å². The second kappa shape index (κ2) is 7.74. The molecule has 1 aromatic heterocycles. The molecule has 1 heterocycles. The maximum absolute atomic E-state index is 12.7. The molecule has 3 N–H and O–H groups in total. The molecule has 6 nitrogen and oxygen atoms in total. The number of H-pyrrole nitrogens is 1. The van der Waals surface area contributed by atoms with Crippen molar-refractivity contribution in [3.05, 3.63) is 65.9 Å². The van der Waals surface area contributed by atoms with E-state index in [0.717, 1.165) is 22.8 Å². The van der Waals surface area contributed by atoms with E-state index in [9.17, 15) is 4.79 Å². The molecule has 26 heavy (non-hydrogen) atoms. The van der Waals surface area contributed by atoms with Gasteiger partial charge >= 0.3 is 0 Å². The van der Waals surface area contributed by atoms with E-state index < -0.39 is 0 Å². The zero-order valence-corrected chi connectivity index (χ0v) is 15.0. The van der Waals surface area contributed by atoms with Crippen LogP contribution in [0.1, 0.15) is 35.8 Å². The highest BCUT2D eigenvalue weighted by atomic mass is 16.5. The molecule has 0 saturated heterocycles. The number of rotatable bonds is 6. The summed E-state index contributed by atoms with van der Waals surface area (Å²) >= 11 is 0. The minimum Gasteiger partial charge on any atom is -0.497 e. The first kappa shape index (κ1) is 17.5. The van der Waals surface area contributed by atoms with Gasteiger partial charge in [0.2, 0.25) is 0 Å². The van der Waals surface area contributed by atoms with E-state index in [0.29, 0.717) is 17.3 Å². The number of nitrogens with one attached hydrogen (secondary N) is 3. The predicted octanol–water partition coefficient (Wildman–Crippen LogP) is 4.54. The molecule has 3 aromatic rings. The van der Waals surface area contributed by atoms with Gasteiger partial charge in [0.15, 0.2) is 5.82 Å². The smallest absolute Gasteiger partial charge is 0.258 e. The van der Waals surface area contributed by atoms with E-state index in [1.165, 1.54) is 0 Å². The summed E-state index contributed by atoms with van der Waals surface area (Å²) in [5.74, 6) is 1.39. The molecule has 0 atom stereocenters. The Morgan fingerprint density at radius 3 is 2.50 bits per heavy atom. The Balaban J connectivity index is 1.77. The molecular weight excluding hydrogens is 328 g/mol. The zero-order chi connectivity index (χ0) is 18.5. The maximum atomic E-state index is 12.7. The lowest BCUT2D eigenvalue weighted by molar-refractivity contribution is 0.102. The van der Waals surface area contributed by atoms with Crippen molar-refractivity contribution < 1.29 is 9.53 Å². The lowest BCUT2D eigenvalue weighted by Crippen LogP contribution is -2.14. The minimum absolute atomic E-state index is 0.219. The normalized spacial score (nSPS) is 10.6. The lowest BCUT2D eigenvalue weighted by atomic mass is 10.1. The van der Waals surface area contributed by atoms with Crippen molar-refractivity contribution in [2.45, 2.75) is 19.8 Å². The number of carbonyl (C=O) groups excluding carboxylic acids is 1. The number of benzene rings is 2. The first-order chi connectivity index (χ1) is 12.6. The van der Waals surface area contributed by atoms with Crippen LogP contribution in [0, 0.1) is 0 Å². The summed E-state index contributed by atoms with van der Waals surface area (Å²) in [6.45, 7) is 4.13. The predicted molar refractivity (Wildman–Crippen MR) is 103 cm³/mol. The molecule has 134 valence electrons. The number of carbonyl (C=O) groups is 1. The SMILES string of the molecule is COc1ccc(Nc2ccccc2C(=O)Nc2cc(C(C)C)[nH]n2)cc1. The molecule has 2 aromatic carbocycles. The van der Waals surface area contributed by atoms with Crippen molar-refractivity contribution >= 4 is 23.1 Å². The van der Waals surface area contributed by atoms with Gasteiger partial charge < -0.3 is 15.4 Å². The first-order valence-electron chi connectivity index (χ1n) is 8.43. The van der Waals surface area contributed by atoms with Crippen molar-refractivity contribution in [3.63, 3.8) is 0 Å². The molecule has 0 bridgehead atoms. The lowest BCUT2D eigenvalue weighted by Gasteiger charge is -2.12. The molecule has 1 amide bonds. The Bertz CT molecular complexity index is 885. The number of methoxy groups -OCH3 is 1. The van der Waals surface area contributed by atoms with Crippen LogP contribution in [0.15, 0.2) is 54.6 Å². The van der Waals surface area contributed by atoms with Gasteiger partial charge in [0.25, 0.3) is 5.91 Å². The molecule has 6 heteroatoms. The van der Waals surface area contributed by atoms with Crippen molar-refractivity contribution in [1.82, 2.24) is 10.2 Å². The van der Waals surface area contributed by atoms with Gasteiger partial charge in [-0.25, -0.2) is 0 Å². The summed E-state index contributed by atoms with van der Waals surface area (Å²) in [4.78, 5) is 12.7. The van der Waals surface area contributed by atoms with Crippen molar-refractivity contribution in [3.8, 4) is 5.75 Å². The Kier molecular flexibility index (Phi) is 5.22. The van der Waals surface area contributed by atoms with Crippen molar-refractivity contribution in [1.29, 1.82) is 0 Å². The highest BCUT2D eigenvalue weighted by Gasteiger charge is 2.13. The number of ether oxygens (including phenoxy) is 1. The number of nitrogens with zero attached hydrogens (tertiary/aromatic N) is 1. The third-order valence-electron chi connectivity index (χ3n) is 4.00. The molecular formula is C20H22N4O2. The number of aromatic nitrogens is 2. The van der Waals surface area contributed by atoms with E-state index in [-0.39, 0.29) is 5.91 Å². The molecule has 0 spiro atoms. The summed E-state index contributed by atoms with van der Waals surface area (Å²) in [5.41, 5.74) is 3.10. The number of para-hydroxylation sites is 1. The van der Waals surface area contributed by atoms with E-state index in [1.807, 2.05) is 48.5 Å². The number of anilines is 3. The van der Waals surface area contributed by atoms with Crippen LogP contribution in [0.3, 0.4) is 0 Å². The third kappa shape index (κ3) is 4.03. The summed E-state index contributed by atoms with van der Waals surface area (Å²) in [7, 11) is 1.63. The van der Waals surface area contributed by atoms with Gasteiger partial charge in [0.1, 0.15) is 5.75 Å². The van der Waals surface area contributed by atoms with Crippen LogP contribution in [0.5, 0.6) is 5.75 Å². The summed E-state index contributed by atoms with van der Waals surface area (Å²) in [5, 5.41) is 13.2. The molecule has 0 fully saturated rings. The maximum Gasteiger partial charge on any atom is 0.258 e. The highest BCUT2D eigenvalue weighted by molar-refractivity contribution is 6.08. The van der Waals surface area contributed by atoms with Gasteiger partial charge in [-0.05, 0) is 42.3 Å². The Labute approximate surface area is 152 Å². The number of aromatic amines is 1. The molecule has 0 aliphatic rings. The topological polar surface area (TPSA) is 79.0 Å². The van der Waals surface area contributed by atoms with Crippen LogP contribution < -0.4 is 15.4 Å². The Hall–Kier alpha value is -3.28. The molecule has 0 aliphatic heterocycles. The fraction of sp³-hybridized carbons (Fsp3) is 0.200. The number of hydrogen-bond acceptors (Lipinski definition) is 4. The minimum atomic E-state index is -0.219. The second-order valence-corrected chi connectivity index (χ2v) is 6.22. The van der Waals surface area contributed by atoms with Crippen LogP contribution >= 0.6 is 0 Å². The fourth-order valence-electron chi connectivity index (χ4n) is 2.50. The standard InChI is InChI=1S/C20H22N4O2/c1-13(2)18-12-19(24-23-18)22-20(25)16-6-4-5-7-17(16)21-14-8-10-15(26-3)11-9-14/h4-13,21H,1-3H3,(H2,22,23,24,25). The number of hydrogen-bond donors (Lipinski definition) is 3. The highest BCUT2D eigenvalue weighted by Crippen LogP contribution is 2.24. The van der Waals surface area contributed by atoms with Crippen LogP contribution in [-0.2, 0) is 0 Å². The molecule has 3 rings (SSSR count). The summed E-state index contributed by atoms with van der Waals surface area (Å²) < 4.78 is 5.16. The Morgan fingerprint density at radius 1 is 1.12 bits per heavy atom. The second-order valence-electron chi connectivity index (χ2n) is 6.22. The largest absolute Gasteiger partial charge is 0.497 e. The van der Waals surface area contributed by atoms with E-state index >= 15 is 0 Å². The molecule has 0 saturated carbocycles. The third-order valence-corrected chi connectivity index (χ3v) is 4.00. The van der Waals surface area contributed by atoms with Crippen molar-refractivity contribution in [2.24, 2.45) is 0 Å². The summed E-state index contributed by atoms with van der Waals surface area (Å²) in [6.07, 6.45) is 0. The summed E-state index contributed by atoms with van der Waals surface area (Å²) in [6, 6.07) is 16.7. The van der Waals surface area contributed by atoms with Crippen LogP contribution in [0.2, 0.25) is 0 Å². The number of amides is 1. The van der Waals surface area contributed by atoms with Gasteiger partial charge in [-0.1, -0.05) is 26.0 Å². The molecule has 0 aliphatic carbocycles. The zero-order valence-electron chi connectivity index (χ0n) is 15.0. The van der Waals surface area contributed by atoms with Crippen molar-refractivity contribution in [2.75, 3.05) is 17.7 Å².